The molecular formula is C11H15ClN2O. The van der Waals surface area contributed by atoms with Crippen molar-refractivity contribution in [3.05, 3.63) is 29.3 Å². The number of anilines is 1. The first kappa shape index (κ1) is 12.0. The van der Waals surface area contributed by atoms with E-state index in [4.69, 9.17) is 11.6 Å². The zero-order chi connectivity index (χ0) is 11.3. The van der Waals surface area contributed by atoms with Crippen LogP contribution in [-0.2, 0) is 4.79 Å². The van der Waals surface area contributed by atoms with E-state index in [-0.39, 0.29) is 5.91 Å². The summed E-state index contributed by atoms with van der Waals surface area (Å²) in [5.74, 6) is -0.0500. The standard InChI is InChI=1S/C11H15ClN2O/c1-8(2)13-7-11(15)14-10-5-3-9(12)4-6-10/h3-6,8,13H,7H2,1-2H3,(H,14,15). The summed E-state index contributed by atoms with van der Waals surface area (Å²) in [7, 11) is 0. The molecule has 82 valence electrons. The van der Waals surface area contributed by atoms with E-state index in [0.29, 0.717) is 17.6 Å². The SMILES string of the molecule is CC(C)NCC(=O)Nc1ccc(Cl)cc1. The van der Waals surface area contributed by atoms with Gasteiger partial charge in [0.2, 0.25) is 5.91 Å². The molecule has 0 aliphatic carbocycles. The molecule has 4 heteroatoms. The highest BCUT2D eigenvalue weighted by Crippen LogP contribution is 2.12. The monoisotopic (exact) mass is 226 g/mol. The lowest BCUT2D eigenvalue weighted by molar-refractivity contribution is -0.115. The molecule has 0 saturated heterocycles. The minimum Gasteiger partial charge on any atom is -0.325 e. The van der Waals surface area contributed by atoms with Gasteiger partial charge in [0.15, 0.2) is 0 Å². The summed E-state index contributed by atoms with van der Waals surface area (Å²) in [6.07, 6.45) is 0. The van der Waals surface area contributed by atoms with Crippen molar-refractivity contribution in [2.24, 2.45) is 0 Å². The molecule has 1 aromatic rings. The van der Waals surface area contributed by atoms with E-state index in [2.05, 4.69) is 10.6 Å². The van der Waals surface area contributed by atoms with Crippen molar-refractivity contribution in [2.45, 2.75) is 19.9 Å². The van der Waals surface area contributed by atoms with Crippen LogP contribution in [0.1, 0.15) is 13.8 Å². The van der Waals surface area contributed by atoms with E-state index in [9.17, 15) is 4.79 Å². The van der Waals surface area contributed by atoms with Gasteiger partial charge in [-0.3, -0.25) is 4.79 Å². The van der Waals surface area contributed by atoms with Gasteiger partial charge < -0.3 is 10.6 Å². The number of carbonyl (C=O) groups excluding carboxylic acids is 1. The van der Waals surface area contributed by atoms with Crippen molar-refractivity contribution in [1.82, 2.24) is 5.32 Å². The number of amides is 1. The minimum absolute atomic E-state index is 0.0500. The largest absolute Gasteiger partial charge is 0.325 e. The van der Waals surface area contributed by atoms with Crippen LogP contribution in [0.3, 0.4) is 0 Å². The first-order chi connectivity index (χ1) is 7.08. The molecule has 0 spiro atoms. The third-order valence-electron chi connectivity index (χ3n) is 1.80. The molecule has 1 aromatic carbocycles. The van der Waals surface area contributed by atoms with Crippen molar-refractivity contribution in [3.8, 4) is 0 Å². The fourth-order valence-electron chi connectivity index (χ4n) is 1.04. The van der Waals surface area contributed by atoms with Gasteiger partial charge in [-0.25, -0.2) is 0 Å². The third-order valence-corrected chi connectivity index (χ3v) is 2.05. The van der Waals surface area contributed by atoms with Gasteiger partial charge in [0, 0.05) is 16.8 Å². The highest BCUT2D eigenvalue weighted by Gasteiger charge is 2.02. The second kappa shape index (κ2) is 5.73. The predicted octanol–water partition coefficient (Wildman–Crippen LogP) is 2.28. The molecule has 0 saturated carbocycles. The predicted molar refractivity (Wildman–Crippen MR) is 63.2 cm³/mol. The van der Waals surface area contributed by atoms with Crippen LogP contribution in [0.5, 0.6) is 0 Å². The maximum Gasteiger partial charge on any atom is 0.238 e. The first-order valence-electron chi connectivity index (χ1n) is 4.86. The van der Waals surface area contributed by atoms with Gasteiger partial charge >= 0.3 is 0 Å². The number of rotatable bonds is 4. The molecule has 15 heavy (non-hydrogen) atoms. The second-order valence-electron chi connectivity index (χ2n) is 3.59. The molecule has 0 aliphatic rings. The zero-order valence-corrected chi connectivity index (χ0v) is 9.64. The molecular weight excluding hydrogens is 212 g/mol. The summed E-state index contributed by atoms with van der Waals surface area (Å²) >= 11 is 5.73. The summed E-state index contributed by atoms with van der Waals surface area (Å²) < 4.78 is 0. The van der Waals surface area contributed by atoms with Crippen LogP contribution in [0.15, 0.2) is 24.3 Å². The molecule has 0 bridgehead atoms. The Bertz CT molecular complexity index is 322. The number of benzene rings is 1. The topological polar surface area (TPSA) is 41.1 Å². The van der Waals surface area contributed by atoms with Crippen molar-refractivity contribution in [1.29, 1.82) is 0 Å². The molecule has 0 unspecified atom stereocenters. The molecule has 3 nitrogen and oxygen atoms in total. The Morgan fingerprint density at radius 1 is 1.33 bits per heavy atom. The minimum atomic E-state index is -0.0500. The van der Waals surface area contributed by atoms with Gasteiger partial charge in [-0.05, 0) is 24.3 Å². The van der Waals surface area contributed by atoms with Crippen LogP contribution < -0.4 is 10.6 Å². The summed E-state index contributed by atoms with van der Waals surface area (Å²) in [6.45, 7) is 4.31. The van der Waals surface area contributed by atoms with Crippen LogP contribution in [0.2, 0.25) is 5.02 Å². The van der Waals surface area contributed by atoms with Crippen LogP contribution >= 0.6 is 11.6 Å². The fourth-order valence-corrected chi connectivity index (χ4v) is 1.16. The summed E-state index contributed by atoms with van der Waals surface area (Å²) in [4.78, 5) is 11.4. The number of hydrogen-bond donors (Lipinski definition) is 2. The van der Waals surface area contributed by atoms with Crippen LogP contribution in [0.4, 0.5) is 5.69 Å². The average Bonchev–Trinajstić information content (AvgIpc) is 2.19. The van der Waals surface area contributed by atoms with Gasteiger partial charge in [0.05, 0.1) is 6.54 Å². The summed E-state index contributed by atoms with van der Waals surface area (Å²) in [6, 6.07) is 7.34. The second-order valence-corrected chi connectivity index (χ2v) is 4.03. The normalized spacial score (nSPS) is 10.4. The van der Waals surface area contributed by atoms with Crippen LogP contribution in [-0.4, -0.2) is 18.5 Å². The van der Waals surface area contributed by atoms with Gasteiger partial charge in [0.1, 0.15) is 0 Å². The molecule has 0 heterocycles. The van der Waals surface area contributed by atoms with Crippen LogP contribution in [0, 0.1) is 0 Å². The highest BCUT2D eigenvalue weighted by atomic mass is 35.5. The van der Waals surface area contributed by atoms with E-state index in [0.717, 1.165) is 5.69 Å². The number of halogens is 1. The molecule has 1 amide bonds. The maximum absolute atomic E-state index is 11.4. The first-order valence-corrected chi connectivity index (χ1v) is 5.24. The van der Waals surface area contributed by atoms with Crippen molar-refractivity contribution < 1.29 is 4.79 Å². The highest BCUT2D eigenvalue weighted by molar-refractivity contribution is 6.30. The van der Waals surface area contributed by atoms with E-state index in [1.165, 1.54) is 0 Å². The number of carbonyl (C=O) groups is 1. The molecule has 0 aliphatic heterocycles. The van der Waals surface area contributed by atoms with Gasteiger partial charge in [-0.2, -0.15) is 0 Å². The Hall–Kier alpha value is -1.06. The lowest BCUT2D eigenvalue weighted by atomic mass is 10.3. The van der Waals surface area contributed by atoms with Crippen LogP contribution in [0.25, 0.3) is 0 Å². The summed E-state index contributed by atoms with van der Waals surface area (Å²) in [5.41, 5.74) is 0.759. The Balaban J connectivity index is 2.41. The zero-order valence-electron chi connectivity index (χ0n) is 8.88. The summed E-state index contributed by atoms with van der Waals surface area (Å²) in [5, 5.41) is 6.46. The Morgan fingerprint density at radius 2 is 1.93 bits per heavy atom. The van der Waals surface area contributed by atoms with E-state index in [1.807, 2.05) is 13.8 Å². The smallest absolute Gasteiger partial charge is 0.238 e. The Labute approximate surface area is 94.8 Å². The average molecular weight is 227 g/mol. The van der Waals surface area contributed by atoms with E-state index < -0.39 is 0 Å². The van der Waals surface area contributed by atoms with Crippen molar-refractivity contribution in [2.75, 3.05) is 11.9 Å². The number of hydrogen-bond acceptors (Lipinski definition) is 2. The van der Waals surface area contributed by atoms with Crippen molar-refractivity contribution in [3.63, 3.8) is 0 Å². The molecule has 0 atom stereocenters. The fraction of sp³-hybridized carbons (Fsp3) is 0.364. The molecule has 0 fully saturated rings. The maximum atomic E-state index is 11.4. The lowest BCUT2D eigenvalue weighted by Gasteiger charge is -2.08. The molecule has 1 rings (SSSR count). The quantitative estimate of drug-likeness (QED) is 0.827. The third kappa shape index (κ3) is 4.81. The molecule has 0 aromatic heterocycles. The molecule has 2 N–H and O–H groups in total. The van der Waals surface area contributed by atoms with E-state index >= 15 is 0 Å². The Morgan fingerprint density at radius 3 is 2.47 bits per heavy atom. The van der Waals surface area contributed by atoms with Gasteiger partial charge in [-0.1, -0.05) is 25.4 Å². The molecule has 0 radical (unpaired) electrons. The van der Waals surface area contributed by atoms with Gasteiger partial charge in [0.25, 0.3) is 0 Å². The van der Waals surface area contributed by atoms with Gasteiger partial charge in [-0.15, -0.1) is 0 Å². The number of nitrogens with one attached hydrogen (secondary N) is 2. The Kier molecular flexibility index (Phi) is 4.59. The van der Waals surface area contributed by atoms with Crippen molar-refractivity contribution >= 4 is 23.2 Å². The lowest BCUT2D eigenvalue weighted by Crippen LogP contribution is -2.32. The van der Waals surface area contributed by atoms with E-state index in [1.54, 1.807) is 24.3 Å².